The van der Waals surface area contributed by atoms with Gasteiger partial charge in [-0.2, -0.15) is 0 Å². The van der Waals surface area contributed by atoms with Gasteiger partial charge in [-0.25, -0.2) is 0 Å². The van der Waals surface area contributed by atoms with Gasteiger partial charge in [0, 0.05) is 30.4 Å². The first-order valence-electron chi connectivity index (χ1n) is 7.15. The zero-order chi connectivity index (χ0) is 14.0. The molecule has 1 aliphatic rings. The molecule has 1 aromatic carbocycles. The molecule has 106 valence electrons. The molecule has 1 aliphatic heterocycles. The van der Waals surface area contributed by atoms with Gasteiger partial charge in [-0.05, 0) is 31.4 Å². The molecule has 0 radical (unpaired) electrons. The summed E-state index contributed by atoms with van der Waals surface area (Å²) in [6.45, 7) is 10.9. The largest absolute Gasteiger partial charge is 0.395 e. The Labute approximate surface area is 116 Å². The second-order valence-corrected chi connectivity index (χ2v) is 6.50. The van der Waals surface area contributed by atoms with E-state index in [0.717, 1.165) is 13.1 Å². The summed E-state index contributed by atoms with van der Waals surface area (Å²) >= 11 is 0. The van der Waals surface area contributed by atoms with Gasteiger partial charge in [-0.15, -0.1) is 0 Å². The maximum atomic E-state index is 9.48. The lowest BCUT2D eigenvalue weighted by atomic mass is 9.95. The van der Waals surface area contributed by atoms with E-state index in [9.17, 15) is 5.11 Å². The summed E-state index contributed by atoms with van der Waals surface area (Å²) < 4.78 is 0. The fourth-order valence-electron chi connectivity index (χ4n) is 3.00. The van der Waals surface area contributed by atoms with Crippen molar-refractivity contribution in [3.63, 3.8) is 0 Å². The molecule has 2 rings (SSSR count). The molecule has 2 N–H and O–H groups in total. The van der Waals surface area contributed by atoms with Crippen molar-refractivity contribution in [3.05, 3.63) is 29.8 Å². The molecule has 0 amide bonds. The molecule has 0 aromatic heterocycles. The summed E-state index contributed by atoms with van der Waals surface area (Å²) in [6, 6.07) is 8.76. The maximum absolute atomic E-state index is 9.48. The maximum Gasteiger partial charge on any atom is 0.0602 e. The number of piperazine rings is 1. The SMILES string of the molecule is CC(C)c1ccccc1N1CC(CO)NC(C)(C)C1. The minimum Gasteiger partial charge on any atom is -0.395 e. The molecule has 0 bridgehead atoms. The normalized spacial score (nSPS) is 22.8. The van der Waals surface area contributed by atoms with Crippen LogP contribution in [0.15, 0.2) is 24.3 Å². The molecule has 3 heteroatoms. The lowest BCUT2D eigenvalue weighted by molar-refractivity contribution is 0.191. The Bertz CT molecular complexity index is 429. The number of anilines is 1. The van der Waals surface area contributed by atoms with Crippen LogP contribution in [0.4, 0.5) is 5.69 Å². The summed E-state index contributed by atoms with van der Waals surface area (Å²) in [6.07, 6.45) is 0. The van der Waals surface area contributed by atoms with Crippen molar-refractivity contribution in [2.24, 2.45) is 0 Å². The number of para-hydroxylation sites is 1. The number of nitrogens with zero attached hydrogens (tertiary/aromatic N) is 1. The molecule has 1 fully saturated rings. The molecule has 19 heavy (non-hydrogen) atoms. The van der Waals surface area contributed by atoms with Crippen LogP contribution in [0.25, 0.3) is 0 Å². The predicted octanol–water partition coefficient (Wildman–Crippen LogP) is 2.36. The Balaban J connectivity index is 2.30. The Morgan fingerprint density at radius 2 is 2.05 bits per heavy atom. The highest BCUT2D eigenvalue weighted by atomic mass is 16.3. The highest BCUT2D eigenvalue weighted by Crippen LogP contribution is 2.30. The van der Waals surface area contributed by atoms with Crippen molar-refractivity contribution in [1.82, 2.24) is 5.32 Å². The van der Waals surface area contributed by atoms with Gasteiger partial charge in [-0.1, -0.05) is 32.0 Å². The lowest BCUT2D eigenvalue weighted by Gasteiger charge is -2.45. The van der Waals surface area contributed by atoms with Gasteiger partial charge in [0.1, 0.15) is 0 Å². The van der Waals surface area contributed by atoms with Crippen molar-refractivity contribution >= 4 is 5.69 Å². The van der Waals surface area contributed by atoms with Crippen LogP contribution in [0, 0.1) is 0 Å². The monoisotopic (exact) mass is 262 g/mol. The second kappa shape index (κ2) is 5.51. The molecule has 1 unspecified atom stereocenters. The van der Waals surface area contributed by atoms with Gasteiger partial charge >= 0.3 is 0 Å². The van der Waals surface area contributed by atoms with Gasteiger partial charge in [0.05, 0.1) is 6.61 Å². The second-order valence-electron chi connectivity index (χ2n) is 6.50. The summed E-state index contributed by atoms with van der Waals surface area (Å²) in [4.78, 5) is 2.41. The van der Waals surface area contributed by atoms with Crippen LogP contribution >= 0.6 is 0 Å². The summed E-state index contributed by atoms with van der Waals surface area (Å²) in [7, 11) is 0. The van der Waals surface area contributed by atoms with Crippen LogP contribution in [0.2, 0.25) is 0 Å². The van der Waals surface area contributed by atoms with Crippen molar-refractivity contribution in [1.29, 1.82) is 0 Å². The Kier molecular flexibility index (Phi) is 4.16. The van der Waals surface area contributed by atoms with Crippen molar-refractivity contribution in [2.75, 3.05) is 24.6 Å². The van der Waals surface area contributed by atoms with Crippen LogP contribution in [0.1, 0.15) is 39.2 Å². The van der Waals surface area contributed by atoms with E-state index in [-0.39, 0.29) is 18.2 Å². The molecule has 1 saturated heterocycles. The molecule has 0 aliphatic carbocycles. The van der Waals surface area contributed by atoms with Crippen LogP contribution in [-0.4, -0.2) is 36.4 Å². The number of rotatable bonds is 3. The minimum atomic E-state index is 0.0235. The summed E-state index contributed by atoms with van der Waals surface area (Å²) in [5, 5.41) is 13.0. The number of aliphatic hydroxyl groups excluding tert-OH is 1. The lowest BCUT2D eigenvalue weighted by Crippen LogP contribution is -2.63. The third-order valence-electron chi connectivity index (χ3n) is 3.74. The summed E-state index contributed by atoms with van der Waals surface area (Å²) in [5.41, 5.74) is 2.72. The van der Waals surface area contributed by atoms with E-state index in [0.29, 0.717) is 5.92 Å². The molecular formula is C16H26N2O. The Hall–Kier alpha value is -1.06. The van der Waals surface area contributed by atoms with Crippen LogP contribution in [0.3, 0.4) is 0 Å². The predicted molar refractivity (Wildman–Crippen MR) is 80.8 cm³/mol. The minimum absolute atomic E-state index is 0.0235. The first-order valence-corrected chi connectivity index (χ1v) is 7.15. The van der Waals surface area contributed by atoms with Gasteiger partial charge < -0.3 is 15.3 Å². The fraction of sp³-hybridized carbons (Fsp3) is 0.625. The quantitative estimate of drug-likeness (QED) is 0.878. The molecule has 0 saturated carbocycles. The number of hydrogen-bond acceptors (Lipinski definition) is 3. The molecule has 1 heterocycles. The van der Waals surface area contributed by atoms with E-state index >= 15 is 0 Å². The number of benzene rings is 1. The summed E-state index contributed by atoms with van der Waals surface area (Å²) in [5.74, 6) is 0.516. The zero-order valence-electron chi connectivity index (χ0n) is 12.5. The Morgan fingerprint density at radius 1 is 1.37 bits per heavy atom. The average molecular weight is 262 g/mol. The van der Waals surface area contributed by atoms with E-state index in [1.165, 1.54) is 11.3 Å². The van der Waals surface area contributed by atoms with E-state index in [1.54, 1.807) is 0 Å². The highest BCUT2D eigenvalue weighted by molar-refractivity contribution is 5.56. The highest BCUT2D eigenvalue weighted by Gasteiger charge is 2.32. The van der Waals surface area contributed by atoms with Crippen LogP contribution in [-0.2, 0) is 0 Å². The van der Waals surface area contributed by atoms with Gasteiger partial charge in [0.25, 0.3) is 0 Å². The fourth-order valence-corrected chi connectivity index (χ4v) is 3.00. The third-order valence-corrected chi connectivity index (χ3v) is 3.74. The third kappa shape index (κ3) is 3.28. The van der Waals surface area contributed by atoms with Gasteiger partial charge in [-0.3, -0.25) is 0 Å². The van der Waals surface area contributed by atoms with E-state index in [1.807, 2.05) is 0 Å². The first kappa shape index (κ1) is 14.4. The standard InChI is InChI=1S/C16H26N2O/c1-12(2)14-7-5-6-8-15(14)18-9-13(10-19)17-16(3,4)11-18/h5-8,12-13,17,19H,9-11H2,1-4H3. The number of aliphatic hydroxyl groups is 1. The molecule has 0 spiro atoms. The van der Waals surface area contributed by atoms with E-state index in [2.05, 4.69) is 62.2 Å². The van der Waals surface area contributed by atoms with E-state index in [4.69, 9.17) is 0 Å². The smallest absolute Gasteiger partial charge is 0.0602 e. The average Bonchev–Trinajstić information content (AvgIpc) is 2.36. The molecular weight excluding hydrogens is 236 g/mol. The first-order chi connectivity index (χ1) is 8.93. The topological polar surface area (TPSA) is 35.5 Å². The van der Waals surface area contributed by atoms with E-state index < -0.39 is 0 Å². The van der Waals surface area contributed by atoms with Crippen molar-refractivity contribution in [3.8, 4) is 0 Å². The van der Waals surface area contributed by atoms with Crippen molar-refractivity contribution < 1.29 is 5.11 Å². The molecule has 1 atom stereocenters. The Morgan fingerprint density at radius 3 is 2.68 bits per heavy atom. The van der Waals surface area contributed by atoms with Gasteiger partial charge in [0.15, 0.2) is 0 Å². The molecule has 3 nitrogen and oxygen atoms in total. The number of hydrogen-bond donors (Lipinski definition) is 2. The van der Waals surface area contributed by atoms with Crippen LogP contribution in [0.5, 0.6) is 0 Å². The zero-order valence-corrected chi connectivity index (χ0v) is 12.5. The van der Waals surface area contributed by atoms with Crippen LogP contribution < -0.4 is 10.2 Å². The van der Waals surface area contributed by atoms with Gasteiger partial charge in [0.2, 0.25) is 0 Å². The number of nitrogens with one attached hydrogen (secondary N) is 1. The van der Waals surface area contributed by atoms with Crippen molar-refractivity contribution in [2.45, 2.75) is 45.2 Å². The molecule has 1 aromatic rings.